The fourth-order valence-electron chi connectivity index (χ4n) is 10.3. The van der Waals surface area contributed by atoms with Crippen molar-refractivity contribution < 1.29 is 80.2 Å². The molecule has 102 heavy (non-hydrogen) atoms. The number of carbonyl (C=O) groups excluding carboxylic acids is 4. The SMILES string of the molecule is CCC=CCC=CCC=CCC=CCC=CCC=CCCC(=O)OCC(COP(=O)(O)OCC(O)COP(=O)(O)OCC(COC(=O)CCCCCCCCCC=CCCCCCC)OC(=O)CCCCCCCC=CCCCCCC)OC(=O)CCCCCCCC=CCC=CCCCCC. The zero-order valence-corrected chi connectivity index (χ0v) is 65.8. The monoisotopic (exact) mass is 1470 g/mol. The number of carbonyl (C=O) groups is 4. The van der Waals surface area contributed by atoms with E-state index in [1.54, 1.807) is 0 Å². The number of esters is 4. The summed E-state index contributed by atoms with van der Waals surface area (Å²) < 4.78 is 68.5. The molecule has 0 aromatic rings. The summed E-state index contributed by atoms with van der Waals surface area (Å²) in [4.78, 5) is 72.9. The second-order valence-electron chi connectivity index (χ2n) is 26.3. The van der Waals surface area contributed by atoms with Crippen molar-refractivity contribution in [2.75, 3.05) is 39.6 Å². The summed E-state index contributed by atoms with van der Waals surface area (Å²) in [5.41, 5.74) is 0. The van der Waals surface area contributed by atoms with Gasteiger partial charge in [0.25, 0.3) is 0 Å². The summed E-state index contributed by atoms with van der Waals surface area (Å²) in [6.45, 7) is 4.61. The molecular formula is C83H142O17P2. The lowest BCUT2D eigenvalue weighted by molar-refractivity contribution is -0.161. The molecule has 0 aliphatic carbocycles. The molecule has 0 radical (unpaired) electrons. The van der Waals surface area contributed by atoms with Crippen LogP contribution < -0.4 is 0 Å². The van der Waals surface area contributed by atoms with Crippen LogP contribution in [0.1, 0.15) is 323 Å². The predicted octanol–water partition coefficient (Wildman–Crippen LogP) is 23.1. The molecule has 0 saturated heterocycles. The fraction of sp³-hybridized carbons (Fsp3) is 0.711. The highest BCUT2D eigenvalue weighted by atomic mass is 31.2. The maximum Gasteiger partial charge on any atom is 0.472 e. The minimum Gasteiger partial charge on any atom is -0.462 e. The molecule has 17 nitrogen and oxygen atoms in total. The number of hydrogen-bond donors (Lipinski definition) is 3. The van der Waals surface area contributed by atoms with E-state index in [-0.39, 0.29) is 25.7 Å². The van der Waals surface area contributed by atoms with Crippen molar-refractivity contribution in [2.45, 2.75) is 341 Å². The number of aliphatic hydroxyl groups is 1. The lowest BCUT2D eigenvalue weighted by atomic mass is 10.1. The maximum atomic E-state index is 13.1. The van der Waals surface area contributed by atoms with Crippen molar-refractivity contribution in [1.82, 2.24) is 0 Å². The molecule has 0 aliphatic rings. The Bertz CT molecular complexity index is 2410. The number of hydrogen-bond acceptors (Lipinski definition) is 15. The van der Waals surface area contributed by atoms with Crippen LogP contribution in [-0.4, -0.2) is 96.7 Å². The summed E-state index contributed by atoms with van der Waals surface area (Å²) >= 11 is 0. The number of allylic oxidation sites excluding steroid dienone is 20. The minimum atomic E-state index is -5.00. The van der Waals surface area contributed by atoms with Gasteiger partial charge in [-0.1, -0.05) is 271 Å². The summed E-state index contributed by atoms with van der Waals surface area (Å²) in [5, 5.41) is 10.6. The highest BCUT2D eigenvalue weighted by Crippen LogP contribution is 2.45. The van der Waals surface area contributed by atoms with Gasteiger partial charge in [0, 0.05) is 25.7 Å². The van der Waals surface area contributed by atoms with Gasteiger partial charge in [-0.05, 0) is 148 Å². The van der Waals surface area contributed by atoms with Gasteiger partial charge in [-0.15, -0.1) is 0 Å². The Morgan fingerprint density at radius 1 is 0.284 bits per heavy atom. The molecule has 0 amide bonds. The molecule has 586 valence electrons. The van der Waals surface area contributed by atoms with E-state index in [1.165, 1.54) is 83.5 Å². The van der Waals surface area contributed by atoms with E-state index in [9.17, 15) is 43.2 Å². The van der Waals surface area contributed by atoms with Gasteiger partial charge in [0.15, 0.2) is 12.2 Å². The van der Waals surface area contributed by atoms with E-state index in [0.29, 0.717) is 32.1 Å². The number of ether oxygens (including phenoxy) is 4. The Hall–Kier alpha value is -4.54. The zero-order chi connectivity index (χ0) is 74.6. The number of unbranched alkanes of at least 4 members (excludes halogenated alkanes) is 28. The van der Waals surface area contributed by atoms with Gasteiger partial charge in [-0.3, -0.25) is 37.3 Å². The largest absolute Gasteiger partial charge is 0.472 e. The minimum absolute atomic E-state index is 0.0310. The molecule has 5 unspecified atom stereocenters. The second kappa shape index (κ2) is 74.7. The first-order chi connectivity index (χ1) is 49.7. The van der Waals surface area contributed by atoms with Crippen molar-refractivity contribution in [3.8, 4) is 0 Å². The molecule has 0 fully saturated rings. The van der Waals surface area contributed by atoms with Crippen LogP contribution in [0.5, 0.6) is 0 Å². The van der Waals surface area contributed by atoms with Crippen LogP contribution in [0.2, 0.25) is 0 Å². The van der Waals surface area contributed by atoms with Crippen LogP contribution >= 0.6 is 15.6 Å². The van der Waals surface area contributed by atoms with Crippen LogP contribution in [0.15, 0.2) is 122 Å². The molecule has 5 atom stereocenters. The molecule has 19 heteroatoms. The normalized spacial score (nSPS) is 14.5. The number of aliphatic hydroxyl groups excluding tert-OH is 1. The van der Waals surface area contributed by atoms with Crippen LogP contribution in [0.25, 0.3) is 0 Å². The Labute approximate surface area is 619 Å². The van der Waals surface area contributed by atoms with Gasteiger partial charge in [-0.2, -0.15) is 0 Å². The molecular weight excluding hydrogens is 1330 g/mol. The van der Waals surface area contributed by atoms with E-state index in [0.717, 1.165) is 154 Å². The summed E-state index contributed by atoms with van der Waals surface area (Å²) in [7, 11) is -9.98. The molecule has 0 aromatic carbocycles. The smallest absolute Gasteiger partial charge is 0.462 e. The second-order valence-corrected chi connectivity index (χ2v) is 29.2. The average molecular weight is 1470 g/mol. The topological polar surface area (TPSA) is 237 Å². The lowest BCUT2D eigenvalue weighted by Crippen LogP contribution is -2.30. The van der Waals surface area contributed by atoms with Crippen LogP contribution in [0, 0.1) is 0 Å². The highest BCUT2D eigenvalue weighted by Gasteiger charge is 2.30. The Morgan fingerprint density at radius 3 is 0.873 bits per heavy atom. The third kappa shape index (κ3) is 73.8. The third-order valence-corrected chi connectivity index (χ3v) is 18.3. The molecule has 0 spiro atoms. The maximum absolute atomic E-state index is 13.1. The highest BCUT2D eigenvalue weighted by molar-refractivity contribution is 7.47. The van der Waals surface area contributed by atoms with Gasteiger partial charge in [-0.25, -0.2) is 9.13 Å². The summed E-state index contributed by atoms with van der Waals surface area (Å²) in [6, 6.07) is 0. The van der Waals surface area contributed by atoms with Crippen molar-refractivity contribution in [1.29, 1.82) is 0 Å². The molecule has 0 aliphatic heterocycles. The van der Waals surface area contributed by atoms with Crippen LogP contribution in [-0.2, 0) is 65.4 Å². The quantitative estimate of drug-likeness (QED) is 0.0169. The average Bonchev–Trinajstić information content (AvgIpc) is 0.924. The molecule has 0 rings (SSSR count). The Morgan fingerprint density at radius 2 is 0.529 bits per heavy atom. The molecule has 0 bridgehead atoms. The van der Waals surface area contributed by atoms with Crippen molar-refractivity contribution in [3.63, 3.8) is 0 Å². The molecule has 0 aromatic heterocycles. The Kier molecular flexibility index (Phi) is 71.4. The van der Waals surface area contributed by atoms with Crippen molar-refractivity contribution >= 4 is 39.5 Å². The van der Waals surface area contributed by atoms with Crippen molar-refractivity contribution in [2.24, 2.45) is 0 Å². The van der Waals surface area contributed by atoms with E-state index in [4.69, 9.17) is 37.0 Å². The van der Waals surface area contributed by atoms with Gasteiger partial charge in [0.2, 0.25) is 0 Å². The van der Waals surface area contributed by atoms with Gasteiger partial charge >= 0.3 is 39.5 Å². The molecule has 0 saturated carbocycles. The lowest BCUT2D eigenvalue weighted by Gasteiger charge is -2.21. The van der Waals surface area contributed by atoms with E-state index in [1.807, 2.05) is 18.2 Å². The number of phosphoric ester groups is 2. The van der Waals surface area contributed by atoms with E-state index in [2.05, 4.69) is 131 Å². The Balaban J connectivity index is 5.43. The molecule has 0 heterocycles. The van der Waals surface area contributed by atoms with E-state index >= 15 is 0 Å². The first-order valence-electron chi connectivity index (χ1n) is 39.8. The number of rotatable bonds is 74. The standard InChI is InChI=1S/C83H142O17P2/c1-5-9-13-17-21-25-29-33-36-37-38-39-42-45-48-52-56-60-64-68-81(86)94-74-79(100-83(88)70-66-62-58-54-50-46-41-35-31-27-23-19-15-11-7-3)76-98-102(91,92)96-72-77(84)71-95-101(89,90)97-75-78(99-82(87)69-65-61-57-53-49-43-32-28-24-20-16-12-8-4)73-93-80(85)67-63-59-55-51-47-44-40-34-30-26-22-18-14-10-6-2/h9,13,21,23,25-28,30,32-33,35-36,38-39,41,45,48,56,60,77-79,84H,5-8,10-12,14-20,22,24,29,31,34,37,40,42-44,46-47,49-55,57-59,61-76H2,1-4H3,(H,89,90)(H,91,92). The van der Waals surface area contributed by atoms with E-state index < -0.39 is 97.5 Å². The van der Waals surface area contributed by atoms with Crippen molar-refractivity contribution in [3.05, 3.63) is 122 Å². The first-order valence-corrected chi connectivity index (χ1v) is 42.8. The van der Waals surface area contributed by atoms with Crippen LogP contribution in [0.3, 0.4) is 0 Å². The zero-order valence-electron chi connectivity index (χ0n) is 64.0. The first kappa shape index (κ1) is 97.5. The summed E-state index contributed by atoms with van der Waals surface area (Å²) in [5.74, 6) is -2.30. The third-order valence-electron chi connectivity index (χ3n) is 16.4. The van der Waals surface area contributed by atoms with Gasteiger partial charge < -0.3 is 33.8 Å². The number of phosphoric acid groups is 2. The van der Waals surface area contributed by atoms with Gasteiger partial charge in [0.1, 0.15) is 19.3 Å². The molecule has 3 N–H and O–H groups in total. The van der Waals surface area contributed by atoms with Crippen LogP contribution in [0.4, 0.5) is 0 Å². The summed E-state index contributed by atoms with van der Waals surface area (Å²) in [6.07, 6.45) is 81.9. The fourth-order valence-corrected chi connectivity index (χ4v) is 11.9. The van der Waals surface area contributed by atoms with Gasteiger partial charge in [0.05, 0.1) is 26.4 Å². The predicted molar refractivity (Wildman–Crippen MR) is 418 cm³/mol.